The number of ether oxygens (including phenoxy) is 1. The molecular formula is C25H19NO4S. The molecular weight excluding hydrogens is 410 g/mol. The SMILES string of the molecule is O=C(Nc1ccc(Oc2ccccc2)cc1)c1ccc(S(=O)(=O)c2ccccc2)cc1. The van der Waals surface area contributed by atoms with Gasteiger partial charge in [-0.2, -0.15) is 0 Å². The number of carbonyl (C=O) groups is 1. The fourth-order valence-corrected chi connectivity index (χ4v) is 4.24. The van der Waals surface area contributed by atoms with E-state index in [9.17, 15) is 13.2 Å². The monoisotopic (exact) mass is 429 g/mol. The lowest BCUT2D eigenvalue weighted by Gasteiger charge is -2.09. The van der Waals surface area contributed by atoms with Gasteiger partial charge in [-0.25, -0.2) is 8.42 Å². The molecule has 4 rings (SSSR count). The van der Waals surface area contributed by atoms with Gasteiger partial charge in [0.15, 0.2) is 0 Å². The van der Waals surface area contributed by atoms with Crippen LogP contribution in [0.3, 0.4) is 0 Å². The van der Waals surface area contributed by atoms with Gasteiger partial charge in [0.2, 0.25) is 9.84 Å². The van der Waals surface area contributed by atoms with Gasteiger partial charge in [-0.15, -0.1) is 0 Å². The quantitative estimate of drug-likeness (QED) is 0.435. The molecule has 0 spiro atoms. The molecule has 0 aliphatic carbocycles. The molecule has 0 aliphatic heterocycles. The minimum absolute atomic E-state index is 0.137. The third-order valence-electron chi connectivity index (χ3n) is 4.57. The van der Waals surface area contributed by atoms with Crippen LogP contribution in [-0.2, 0) is 9.84 Å². The third-order valence-corrected chi connectivity index (χ3v) is 6.36. The topological polar surface area (TPSA) is 72.5 Å². The summed E-state index contributed by atoms with van der Waals surface area (Å²) in [5.74, 6) is 1.05. The molecule has 4 aromatic carbocycles. The number of anilines is 1. The Morgan fingerprint density at radius 2 is 1.13 bits per heavy atom. The molecule has 6 heteroatoms. The summed E-state index contributed by atoms with van der Waals surface area (Å²) in [5, 5.41) is 2.80. The minimum Gasteiger partial charge on any atom is -0.457 e. The van der Waals surface area contributed by atoms with E-state index < -0.39 is 9.84 Å². The summed E-state index contributed by atoms with van der Waals surface area (Å²) in [6.07, 6.45) is 0. The Kier molecular flexibility index (Phi) is 5.82. The average molecular weight is 429 g/mol. The molecule has 0 aromatic heterocycles. The van der Waals surface area contributed by atoms with Gasteiger partial charge in [-0.1, -0.05) is 36.4 Å². The van der Waals surface area contributed by atoms with Crippen molar-refractivity contribution in [3.8, 4) is 11.5 Å². The van der Waals surface area contributed by atoms with Gasteiger partial charge < -0.3 is 10.1 Å². The summed E-state index contributed by atoms with van der Waals surface area (Å²) in [6.45, 7) is 0. The molecule has 0 unspecified atom stereocenters. The lowest BCUT2D eigenvalue weighted by molar-refractivity contribution is 0.102. The predicted molar refractivity (Wildman–Crippen MR) is 119 cm³/mol. The van der Waals surface area contributed by atoms with Crippen molar-refractivity contribution in [3.05, 3.63) is 115 Å². The number of para-hydroxylation sites is 1. The number of sulfone groups is 1. The van der Waals surface area contributed by atoms with Crippen LogP contribution in [0.4, 0.5) is 5.69 Å². The van der Waals surface area contributed by atoms with E-state index >= 15 is 0 Å². The van der Waals surface area contributed by atoms with Crippen LogP contribution in [0.15, 0.2) is 119 Å². The number of hydrogen-bond acceptors (Lipinski definition) is 4. The highest BCUT2D eigenvalue weighted by molar-refractivity contribution is 7.91. The summed E-state index contributed by atoms with van der Waals surface area (Å²) < 4.78 is 31.0. The highest BCUT2D eigenvalue weighted by atomic mass is 32.2. The van der Waals surface area contributed by atoms with Crippen LogP contribution in [0.25, 0.3) is 0 Å². The van der Waals surface area contributed by atoms with E-state index in [1.54, 1.807) is 54.6 Å². The molecule has 5 nitrogen and oxygen atoms in total. The summed E-state index contributed by atoms with van der Waals surface area (Å²) in [5.41, 5.74) is 0.961. The van der Waals surface area contributed by atoms with Crippen LogP contribution in [0.2, 0.25) is 0 Å². The van der Waals surface area contributed by atoms with Crippen LogP contribution in [0.5, 0.6) is 11.5 Å². The zero-order valence-electron chi connectivity index (χ0n) is 16.4. The lowest BCUT2D eigenvalue weighted by Crippen LogP contribution is -2.12. The van der Waals surface area contributed by atoms with Gasteiger partial charge >= 0.3 is 0 Å². The Hall–Kier alpha value is -3.90. The molecule has 0 aliphatic rings. The zero-order chi connectivity index (χ0) is 21.7. The molecule has 154 valence electrons. The van der Waals surface area contributed by atoms with E-state index in [0.29, 0.717) is 17.0 Å². The smallest absolute Gasteiger partial charge is 0.255 e. The second-order valence-corrected chi connectivity index (χ2v) is 8.68. The molecule has 0 fully saturated rings. The van der Waals surface area contributed by atoms with Gasteiger partial charge in [0.05, 0.1) is 9.79 Å². The van der Waals surface area contributed by atoms with Crippen LogP contribution >= 0.6 is 0 Å². The molecule has 0 atom stereocenters. The van der Waals surface area contributed by atoms with E-state index in [0.717, 1.165) is 5.75 Å². The maximum Gasteiger partial charge on any atom is 0.255 e. The largest absolute Gasteiger partial charge is 0.457 e. The molecule has 1 N–H and O–H groups in total. The Balaban J connectivity index is 1.43. The first kappa shape index (κ1) is 20.4. The number of amides is 1. The van der Waals surface area contributed by atoms with Crippen molar-refractivity contribution in [2.45, 2.75) is 9.79 Å². The highest BCUT2D eigenvalue weighted by Gasteiger charge is 2.17. The second-order valence-electron chi connectivity index (χ2n) is 6.73. The first-order valence-electron chi connectivity index (χ1n) is 9.57. The van der Waals surface area contributed by atoms with Crippen molar-refractivity contribution in [1.82, 2.24) is 0 Å². The van der Waals surface area contributed by atoms with E-state index in [4.69, 9.17) is 4.74 Å². The van der Waals surface area contributed by atoms with Crippen LogP contribution in [0.1, 0.15) is 10.4 Å². The maximum atomic E-state index is 12.7. The van der Waals surface area contributed by atoms with Gasteiger partial charge in [-0.3, -0.25) is 4.79 Å². The minimum atomic E-state index is -3.62. The lowest BCUT2D eigenvalue weighted by atomic mass is 10.2. The number of rotatable bonds is 6. The maximum absolute atomic E-state index is 12.7. The first-order valence-corrected chi connectivity index (χ1v) is 11.1. The van der Waals surface area contributed by atoms with Gasteiger partial charge in [0.1, 0.15) is 11.5 Å². The summed E-state index contributed by atoms with van der Waals surface area (Å²) in [7, 11) is -3.62. The molecule has 0 heterocycles. The number of nitrogens with one attached hydrogen (secondary N) is 1. The number of carbonyl (C=O) groups excluding carboxylic acids is 1. The van der Waals surface area contributed by atoms with E-state index in [1.807, 2.05) is 30.3 Å². The zero-order valence-corrected chi connectivity index (χ0v) is 17.3. The van der Waals surface area contributed by atoms with Crippen LogP contribution in [0, 0.1) is 0 Å². The highest BCUT2D eigenvalue weighted by Crippen LogP contribution is 2.24. The Labute approximate surface area is 180 Å². The number of benzene rings is 4. The van der Waals surface area contributed by atoms with E-state index in [1.165, 1.54) is 24.3 Å². The Morgan fingerprint density at radius 3 is 1.74 bits per heavy atom. The fourth-order valence-electron chi connectivity index (χ4n) is 2.96. The molecule has 0 saturated carbocycles. The third kappa shape index (κ3) is 4.82. The molecule has 0 radical (unpaired) electrons. The number of hydrogen-bond donors (Lipinski definition) is 1. The van der Waals surface area contributed by atoms with Crippen molar-refractivity contribution < 1.29 is 17.9 Å². The average Bonchev–Trinajstić information content (AvgIpc) is 2.82. The summed E-state index contributed by atoms with van der Waals surface area (Å²) in [6, 6.07) is 30.5. The van der Waals surface area contributed by atoms with Crippen molar-refractivity contribution in [1.29, 1.82) is 0 Å². The van der Waals surface area contributed by atoms with E-state index in [2.05, 4.69) is 5.32 Å². The van der Waals surface area contributed by atoms with Crippen LogP contribution in [-0.4, -0.2) is 14.3 Å². The molecule has 1 amide bonds. The van der Waals surface area contributed by atoms with Crippen molar-refractivity contribution in [2.75, 3.05) is 5.32 Å². The summed E-state index contributed by atoms with van der Waals surface area (Å²) in [4.78, 5) is 12.9. The molecule has 0 saturated heterocycles. The first-order chi connectivity index (χ1) is 15.0. The van der Waals surface area contributed by atoms with Gasteiger partial charge in [0, 0.05) is 11.3 Å². The Morgan fingerprint density at radius 1 is 0.613 bits per heavy atom. The molecule has 31 heavy (non-hydrogen) atoms. The normalized spacial score (nSPS) is 11.0. The van der Waals surface area contributed by atoms with Crippen LogP contribution < -0.4 is 10.1 Å². The molecule has 4 aromatic rings. The second kappa shape index (κ2) is 8.85. The van der Waals surface area contributed by atoms with Crippen molar-refractivity contribution in [3.63, 3.8) is 0 Å². The van der Waals surface area contributed by atoms with E-state index in [-0.39, 0.29) is 15.7 Å². The van der Waals surface area contributed by atoms with Gasteiger partial charge in [0.25, 0.3) is 5.91 Å². The van der Waals surface area contributed by atoms with Gasteiger partial charge in [-0.05, 0) is 72.8 Å². The fraction of sp³-hybridized carbons (Fsp3) is 0. The van der Waals surface area contributed by atoms with Crippen molar-refractivity contribution >= 4 is 21.4 Å². The predicted octanol–water partition coefficient (Wildman–Crippen LogP) is 5.56. The molecule has 0 bridgehead atoms. The summed E-state index contributed by atoms with van der Waals surface area (Å²) >= 11 is 0. The van der Waals surface area contributed by atoms with Crippen molar-refractivity contribution in [2.24, 2.45) is 0 Å². The standard InChI is InChI=1S/C25H19NO4S/c27-25(26-20-13-15-22(16-14-20)30-21-7-3-1-4-8-21)19-11-17-24(18-12-19)31(28,29)23-9-5-2-6-10-23/h1-18H,(H,26,27). The Bertz CT molecular complexity index is 1270.